The molecular weight excluding hydrogens is 198 g/mol. The Labute approximate surface area is 89.8 Å². The minimum absolute atomic E-state index is 0.0657. The van der Waals surface area contributed by atoms with E-state index in [0.29, 0.717) is 13.0 Å². The number of amides is 1. The highest BCUT2D eigenvalue weighted by atomic mass is 16.5. The fraction of sp³-hybridized carbons (Fsp3) is 0.800. The molecule has 0 saturated carbocycles. The van der Waals surface area contributed by atoms with Gasteiger partial charge < -0.3 is 15.2 Å². The molecule has 0 aromatic carbocycles. The number of hydrogen-bond donors (Lipinski definition) is 2. The Kier molecular flexibility index (Phi) is 7.62. The van der Waals surface area contributed by atoms with Crippen LogP contribution in [0.5, 0.6) is 0 Å². The van der Waals surface area contributed by atoms with Crippen LogP contribution in [0.3, 0.4) is 0 Å². The highest BCUT2D eigenvalue weighted by Crippen LogP contribution is 1.92. The highest BCUT2D eigenvalue weighted by Gasteiger charge is 2.16. The molecule has 0 aliphatic rings. The molecule has 0 saturated heterocycles. The predicted octanol–water partition coefficient (Wildman–Crippen LogP) is 0.782. The van der Waals surface area contributed by atoms with Crippen LogP contribution >= 0.6 is 0 Å². The minimum Gasteiger partial charge on any atom is -0.480 e. The second kappa shape index (κ2) is 8.23. The molecule has 0 aromatic rings. The maximum atomic E-state index is 11.2. The van der Waals surface area contributed by atoms with Gasteiger partial charge in [-0.3, -0.25) is 4.79 Å². The van der Waals surface area contributed by atoms with Gasteiger partial charge in [0.15, 0.2) is 0 Å². The van der Waals surface area contributed by atoms with Crippen molar-refractivity contribution in [2.45, 2.75) is 39.2 Å². The molecule has 88 valence electrons. The molecule has 5 nitrogen and oxygen atoms in total. The van der Waals surface area contributed by atoms with Crippen molar-refractivity contribution in [2.75, 3.05) is 13.2 Å². The Bertz CT molecular complexity index is 206. The van der Waals surface area contributed by atoms with Crippen LogP contribution in [0.15, 0.2) is 0 Å². The van der Waals surface area contributed by atoms with E-state index in [4.69, 9.17) is 9.84 Å². The van der Waals surface area contributed by atoms with Crippen LogP contribution < -0.4 is 5.32 Å². The molecule has 0 radical (unpaired) electrons. The lowest BCUT2D eigenvalue weighted by Crippen LogP contribution is -2.42. The predicted molar refractivity (Wildman–Crippen MR) is 55.6 cm³/mol. The molecule has 0 aliphatic carbocycles. The summed E-state index contributed by atoms with van der Waals surface area (Å²) >= 11 is 0. The molecule has 15 heavy (non-hydrogen) atoms. The molecule has 0 spiro atoms. The number of carbonyl (C=O) groups excluding carboxylic acids is 1. The fourth-order valence-electron chi connectivity index (χ4n) is 0.986. The molecule has 0 bridgehead atoms. The summed E-state index contributed by atoms with van der Waals surface area (Å²) in [4.78, 5) is 21.8. The number of hydrogen-bond acceptors (Lipinski definition) is 3. The van der Waals surface area contributed by atoms with E-state index in [9.17, 15) is 9.59 Å². The third-order valence-electron chi connectivity index (χ3n) is 1.92. The van der Waals surface area contributed by atoms with Crippen molar-refractivity contribution in [3.8, 4) is 0 Å². The highest BCUT2D eigenvalue weighted by molar-refractivity contribution is 5.84. The van der Waals surface area contributed by atoms with Gasteiger partial charge in [0, 0.05) is 6.61 Å². The average molecular weight is 217 g/mol. The van der Waals surface area contributed by atoms with E-state index < -0.39 is 12.0 Å². The molecular formula is C10H19NO4. The van der Waals surface area contributed by atoms with E-state index >= 15 is 0 Å². The first kappa shape index (κ1) is 13.9. The number of carboxylic acid groups (broad SMARTS) is 1. The lowest BCUT2D eigenvalue weighted by atomic mass is 10.2. The molecule has 0 rings (SSSR count). The quantitative estimate of drug-likeness (QED) is 0.589. The van der Waals surface area contributed by atoms with Crippen molar-refractivity contribution >= 4 is 11.9 Å². The largest absolute Gasteiger partial charge is 0.480 e. The molecule has 0 heterocycles. The van der Waals surface area contributed by atoms with Gasteiger partial charge in [-0.05, 0) is 12.8 Å². The van der Waals surface area contributed by atoms with E-state index in [1.807, 2.05) is 6.92 Å². The van der Waals surface area contributed by atoms with Gasteiger partial charge in [0.05, 0.1) is 0 Å². The number of rotatable bonds is 8. The van der Waals surface area contributed by atoms with Gasteiger partial charge in [-0.25, -0.2) is 4.79 Å². The van der Waals surface area contributed by atoms with Crippen LogP contribution in [-0.2, 0) is 14.3 Å². The summed E-state index contributed by atoms with van der Waals surface area (Å²) in [6.07, 6.45) is 2.29. The van der Waals surface area contributed by atoms with E-state index in [2.05, 4.69) is 5.32 Å². The molecule has 0 aliphatic heterocycles. The number of nitrogens with one attached hydrogen (secondary N) is 1. The number of ether oxygens (including phenoxy) is 1. The molecule has 1 unspecified atom stereocenters. The van der Waals surface area contributed by atoms with Crippen LogP contribution in [0.25, 0.3) is 0 Å². The summed E-state index contributed by atoms with van der Waals surface area (Å²) in [6, 6.07) is -0.813. The molecule has 0 fully saturated rings. The van der Waals surface area contributed by atoms with Crippen molar-refractivity contribution in [3.63, 3.8) is 0 Å². The van der Waals surface area contributed by atoms with Gasteiger partial charge in [-0.15, -0.1) is 0 Å². The normalized spacial score (nSPS) is 12.1. The third-order valence-corrected chi connectivity index (χ3v) is 1.92. The average Bonchev–Trinajstić information content (AvgIpc) is 2.20. The van der Waals surface area contributed by atoms with Crippen LogP contribution in [0.2, 0.25) is 0 Å². The van der Waals surface area contributed by atoms with Crippen molar-refractivity contribution in [2.24, 2.45) is 0 Å². The van der Waals surface area contributed by atoms with Gasteiger partial charge in [0.1, 0.15) is 12.6 Å². The molecule has 2 N–H and O–H groups in total. The lowest BCUT2D eigenvalue weighted by molar-refractivity contribution is -0.142. The summed E-state index contributed by atoms with van der Waals surface area (Å²) in [5, 5.41) is 11.1. The van der Waals surface area contributed by atoms with Crippen molar-refractivity contribution < 1.29 is 19.4 Å². The zero-order chi connectivity index (χ0) is 11.7. The van der Waals surface area contributed by atoms with Crippen LogP contribution in [0.1, 0.15) is 33.1 Å². The minimum atomic E-state index is -1.01. The fourth-order valence-corrected chi connectivity index (χ4v) is 0.986. The van der Waals surface area contributed by atoms with E-state index in [1.165, 1.54) is 0 Å². The number of aliphatic carboxylic acids is 1. The van der Waals surface area contributed by atoms with Gasteiger partial charge in [0.2, 0.25) is 5.91 Å². The number of carbonyl (C=O) groups is 2. The maximum absolute atomic E-state index is 11.2. The standard InChI is InChI=1S/C10H19NO4/c1-3-5-6-15-7-9(12)11-8(4-2)10(13)14/h8H,3-7H2,1-2H3,(H,11,12)(H,13,14). The van der Waals surface area contributed by atoms with E-state index in [1.54, 1.807) is 6.92 Å². The first-order valence-corrected chi connectivity index (χ1v) is 5.21. The number of unbranched alkanes of at least 4 members (excludes halogenated alkanes) is 1. The first-order chi connectivity index (χ1) is 7.11. The Morgan fingerprint density at radius 3 is 2.53 bits per heavy atom. The van der Waals surface area contributed by atoms with Crippen molar-refractivity contribution in [1.82, 2.24) is 5.32 Å². The maximum Gasteiger partial charge on any atom is 0.326 e. The Morgan fingerprint density at radius 1 is 1.40 bits per heavy atom. The van der Waals surface area contributed by atoms with Gasteiger partial charge in [0.25, 0.3) is 0 Å². The Morgan fingerprint density at radius 2 is 2.07 bits per heavy atom. The second-order valence-electron chi connectivity index (χ2n) is 3.27. The van der Waals surface area contributed by atoms with Crippen LogP contribution in [0.4, 0.5) is 0 Å². The van der Waals surface area contributed by atoms with Gasteiger partial charge in [-0.2, -0.15) is 0 Å². The van der Waals surface area contributed by atoms with Gasteiger partial charge in [-0.1, -0.05) is 20.3 Å². The zero-order valence-corrected chi connectivity index (χ0v) is 9.28. The first-order valence-electron chi connectivity index (χ1n) is 5.21. The van der Waals surface area contributed by atoms with Gasteiger partial charge >= 0.3 is 5.97 Å². The molecule has 1 atom stereocenters. The number of carboxylic acids is 1. The van der Waals surface area contributed by atoms with Crippen molar-refractivity contribution in [1.29, 1.82) is 0 Å². The molecule has 0 aromatic heterocycles. The van der Waals surface area contributed by atoms with Crippen molar-refractivity contribution in [3.05, 3.63) is 0 Å². The summed E-state index contributed by atoms with van der Waals surface area (Å²) in [7, 11) is 0. The van der Waals surface area contributed by atoms with E-state index in [-0.39, 0.29) is 12.5 Å². The van der Waals surface area contributed by atoms with Crippen LogP contribution in [-0.4, -0.2) is 36.2 Å². The zero-order valence-electron chi connectivity index (χ0n) is 9.28. The smallest absolute Gasteiger partial charge is 0.326 e. The third kappa shape index (κ3) is 6.90. The summed E-state index contributed by atoms with van der Waals surface area (Å²) in [5.41, 5.74) is 0. The van der Waals surface area contributed by atoms with Crippen LogP contribution in [0, 0.1) is 0 Å². The SMILES string of the molecule is CCCCOCC(=O)NC(CC)C(=O)O. The Balaban J connectivity index is 3.67. The second-order valence-corrected chi connectivity index (χ2v) is 3.27. The van der Waals surface area contributed by atoms with E-state index in [0.717, 1.165) is 12.8 Å². The summed E-state index contributed by atoms with van der Waals surface area (Å²) in [6.45, 7) is 4.20. The molecule has 5 heteroatoms. The monoisotopic (exact) mass is 217 g/mol. The molecule has 1 amide bonds. The lowest BCUT2D eigenvalue weighted by Gasteiger charge is -2.12. The summed E-state index contributed by atoms with van der Waals surface area (Å²) in [5.74, 6) is -1.39. The topological polar surface area (TPSA) is 75.6 Å². The summed E-state index contributed by atoms with van der Waals surface area (Å²) < 4.78 is 5.06. The Hall–Kier alpha value is -1.10.